The van der Waals surface area contributed by atoms with Crippen LogP contribution in [0.25, 0.3) is 11.5 Å². The minimum absolute atomic E-state index is 0.253. The predicted octanol–water partition coefficient (Wildman–Crippen LogP) is 3.85. The molecule has 26 heavy (non-hydrogen) atoms. The van der Waals surface area contributed by atoms with Crippen LogP contribution in [0.1, 0.15) is 44.4 Å². The van der Waals surface area contributed by atoms with Crippen molar-refractivity contribution in [1.82, 2.24) is 15.5 Å². The third-order valence-electron chi connectivity index (χ3n) is 4.71. The van der Waals surface area contributed by atoms with Crippen molar-refractivity contribution in [3.8, 4) is 17.2 Å². The molecule has 1 heterocycles. The molecule has 2 aromatic rings. The first-order valence-electron chi connectivity index (χ1n) is 9.11. The third-order valence-corrected chi connectivity index (χ3v) is 4.94. The van der Waals surface area contributed by atoms with Gasteiger partial charge in [-0.1, -0.05) is 18.0 Å². The first-order chi connectivity index (χ1) is 12.7. The largest absolute Gasteiger partial charge is 0.493 e. The molecule has 0 amide bonds. The Morgan fingerprint density at radius 2 is 2.27 bits per heavy atom. The van der Waals surface area contributed by atoms with Crippen LogP contribution in [-0.4, -0.2) is 36.2 Å². The molecule has 0 saturated heterocycles. The molecule has 0 aliphatic heterocycles. The van der Waals surface area contributed by atoms with Gasteiger partial charge in [-0.3, -0.25) is 0 Å². The highest BCUT2D eigenvalue weighted by Crippen LogP contribution is 2.38. The number of hydrogen-bond acceptors (Lipinski definition) is 6. The van der Waals surface area contributed by atoms with E-state index in [1.54, 1.807) is 12.1 Å². The molecule has 1 N–H and O–H groups in total. The van der Waals surface area contributed by atoms with Gasteiger partial charge in [0.2, 0.25) is 5.89 Å². The second kappa shape index (κ2) is 9.14. The summed E-state index contributed by atoms with van der Waals surface area (Å²) in [6.45, 7) is 3.73. The van der Waals surface area contributed by atoms with E-state index < -0.39 is 0 Å². The number of aromatic nitrogens is 2. The van der Waals surface area contributed by atoms with Crippen LogP contribution < -0.4 is 10.1 Å². The average molecular weight is 378 g/mol. The molecular weight excluding hydrogens is 354 g/mol. The van der Waals surface area contributed by atoms with Crippen LogP contribution >= 0.6 is 11.6 Å². The first-order valence-corrected chi connectivity index (χ1v) is 9.49. The van der Waals surface area contributed by atoms with E-state index in [4.69, 9.17) is 20.8 Å². The van der Waals surface area contributed by atoms with E-state index in [0.29, 0.717) is 41.6 Å². The standard InChI is InChI=1S/C19H24ClN3O3/c1-2-25-17-7-6-15(20)11-16(17)19-23-22-18(26-19)14-5-3-4-13(10-14)12-21-8-9-24/h6-7,9,11,13-14,21H,2-5,8,10,12H2,1H3. The average Bonchev–Trinajstić information content (AvgIpc) is 3.14. The van der Waals surface area contributed by atoms with Crippen molar-refractivity contribution in [3.63, 3.8) is 0 Å². The van der Waals surface area contributed by atoms with E-state index in [-0.39, 0.29) is 5.92 Å². The van der Waals surface area contributed by atoms with E-state index in [1.807, 2.05) is 13.0 Å². The van der Waals surface area contributed by atoms with Crippen LogP contribution in [0, 0.1) is 5.92 Å². The molecule has 6 nitrogen and oxygen atoms in total. The monoisotopic (exact) mass is 377 g/mol. The fourth-order valence-electron chi connectivity index (χ4n) is 3.51. The van der Waals surface area contributed by atoms with Gasteiger partial charge in [0.25, 0.3) is 5.89 Å². The van der Waals surface area contributed by atoms with Gasteiger partial charge in [-0.05, 0) is 56.8 Å². The maximum Gasteiger partial charge on any atom is 0.251 e. The van der Waals surface area contributed by atoms with Crippen LogP contribution in [0.15, 0.2) is 22.6 Å². The smallest absolute Gasteiger partial charge is 0.251 e. The lowest BCUT2D eigenvalue weighted by atomic mass is 9.81. The Balaban J connectivity index is 1.73. The summed E-state index contributed by atoms with van der Waals surface area (Å²) < 4.78 is 11.6. The highest BCUT2D eigenvalue weighted by Gasteiger charge is 2.27. The first kappa shape index (κ1) is 18.9. The maximum absolute atomic E-state index is 10.5. The lowest BCUT2D eigenvalue weighted by Crippen LogP contribution is -2.28. The van der Waals surface area contributed by atoms with Crippen molar-refractivity contribution >= 4 is 17.9 Å². The summed E-state index contributed by atoms with van der Waals surface area (Å²) in [6, 6.07) is 5.39. The van der Waals surface area contributed by atoms with Crippen LogP contribution in [0.3, 0.4) is 0 Å². The summed E-state index contributed by atoms with van der Waals surface area (Å²) in [5.41, 5.74) is 0.720. The van der Waals surface area contributed by atoms with Crippen molar-refractivity contribution in [3.05, 3.63) is 29.1 Å². The van der Waals surface area contributed by atoms with Crippen LogP contribution in [0.4, 0.5) is 0 Å². The highest BCUT2D eigenvalue weighted by atomic mass is 35.5. The SMILES string of the molecule is CCOc1ccc(Cl)cc1-c1nnc(C2CCCC(CNCC=O)C2)o1. The Kier molecular flexibility index (Phi) is 6.63. The van der Waals surface area contributed by atoms with Crippen LogP contribution in [0.5, 0.6) is 5.75 Å². The molecule has 0 bridgehead atoms. The molecule has 1 aromatic carbocycles. The third kappa shape index (κ3) is 4.62. The number of carbonyl (C=O) groups is 1. The fraction of sp³-hybridized carbons (Fsp3) is 0.526. The molecule has 1 saturated carbocycles. The molecule has 2 atom stereocenters. The summed E-state index contributed by atoms with van der Waals surface area (Å²) >= 11 is 6.12. The zero-order valence-electron chi connectivity index (χ0n) is 14.9. The van der Waals surface area contributed by atoms with Crippen molar-refractivity contribution < 1.29 is 13.9 Å². The number of rotatable bonds is 8. The lowest BCUT2D eigenvalue weighted by molar-refractivity contribution is -0.107. The molecule has 140 valence electrons. The van der Waals surface area contributed by atoms with Gasteiger partial charge in [-0.25, -0.2) is 0 Å². The minimum Gasteiger partial charge on any atom is -0.493 e. The van der Waals surface area contributed by atoms with E-state index in [2.05, 4.69) is 15.5 Å². The molecular formula is C19H24ClN3O3. The molecule has 0 radical (unpaired) electrons. The van der Waals surface area contributed by atoms with Crippen molar-refractivity contribution in [2.75, 3.05) is 19.7 Å². The van der Waals surface area contributed by atoms with Crippen LogP contribution in [0.2, 0.25) is 5.02 Å². The zero-order chi connectivity index (χ0) is 18.4. The normalized spacial score (nSPS) is 20.1. The Morgan fingerprint density at radius 3 is 3.08 bits per heavy atom. The second-order valence-electron chi connectivity index (χ2n) is 6.57. The quantitative estimate of drug-likeness (QED) is 0.556. The second-order valence-corrected chi connectivity index (χ2v) is 7.01. The van der Waals surface area contributed by atoms with Crippen LogP contribution in [-0.2, 0) is 4.79 Å². The van der Waals surface area contributed by atoms with Gasteiger partial charge < -0.3 is 19.3 Å². The number of nitrogens with one attached hydrogen (secondary N) is 1. The van der Waals surface area contributed by atoms with Crippen molar-refractivity contribution in [1.29, 1.82) is 0 Å². The van der Waals surface area contributed by atoms with E-state index in [0.717, 1.165) is 44.1 Å². The van der Waals surface area contributed by atoms with E-state index >= 15 is 0 Å². The van der Waals surface area contributed by atoms with Gasteiger partial charge in [0.15, 0.2) is 0 Å². The van der Waals surface area contributed by atoms with Gasteiger partial charge in [0.05, 0.1) is 18.7 Å². The predicted molar refractivity (Wildman–Crippen MR) is 99.5 cm³/mol. The summed E-state index contributed by atoms with van der Waals surface area (Å²) in [5.74, 6) is 2.57. The Labute approximate surface area is 158 Å². The number of aldehydes is 1. The fourth-order valence-corrected chi connectivity index (χ4v) is 3.68. The van der Waals surface area contributed by atoms with Crippen molar-refractivity contribution in [2.24, 2.45) is 5.92 Å². The summed E-state index contributed by atoms with van der Waals surface area (Å²) in [4.78, 5) is 10.5. The van der Waals surface area contributed by atoms with E-state index in [9.17, 15) is 4.79 Å². The number of carbonyl (C=O) groups excluding carboxylic acids is 1. The Morgan fingerprint density at radius 1 is 1.38 bits per heavy atom. The number of halogens is 1. The van der Waals surface area contributed by atoms with Gasteiger partial charge in [0, 0.05) is 10.9 Å². The molecule has 1 aromatic heterocycles. The summed E-state index contributed by atoms with van der Waals surface area (Å²) in [5, 5.41) is 12.3. The number of benzene rings is 1. The molecule has 2 unspecified atom stereocenters. The maximum atomic E-state index is 10.5. The van der Waals surface area contributed by atoms with Gasteiger partial charge >= 0.3 is 0 Å². The summed E-state index contributed by atoms with van der Waals surface area (Å²) in [7, 11) is 0. The van der Waals surface area contributed by atoms with E-state index in [1.165, 1.54) is 0 Å². The number of hydrogen-bond donors (Lipinski definition) is 1. The molecule has 1 fully saturated rings. The molecule has 1 aliphatic carbocycles. The molecule has 0 spiro atoms. The Hall–Kier alpha value is -1.92. The minimum atomic E-state index is 0.253. The van der Waals surface area contributed by atoms with Crippen molar-refractivity contribution in [2.45, 2.75) is 38.5 Å². The van der Waals surface area contributed by atoms with Gasteiger partial charge in [0.1, 0.15) is 12.0 Å². The lowest BCUT2D eigenvalue weighted by Gasteiger charge is -2.27. The molecule has 7 heteroatoms. The highest BCUT2D eigenvalue weighted by molar-refractivity contribution is 6.30. The van der Waals surface area contributed by atoms with Gasteiger partial charge in [-0.2, -0.15) is 0 Å². The topological polar surface area (TPSA) is 77.3 Å². The number of ether oxygens (including phenoxy) is 1. The number of nitrogens with zero attached hydrogens (tertiary/aromatic N) is 2. The molecule has 1 aliphatic rings. The summed E-state index contributed by atoms with van der Waals surface area (Å²) in [6.07, 6.45) is 5.20. The molecule has 3 rings (SSSR count). The Bertz CT molecular complexity index is 735. The van der Waals surface area contributed by atoms with Gasteiger partial charge in [-0.15, -0.1) is 10.2 Å². The zero-order valence-corrected chi connectivity index (χ0v) is 15.7.